The minimum Gasteiger partial charge on any atom is -0.375 e. The summed E-state index contributed by atoms with van der Waals surface area (Å²) in [6, 6.07) is 5.85. The first-order valence-electron chi connectivity index (χ1n) is 9.09. The minimum absolute atomic E-state index is 0.00237. The highest BCUT2D eigenvalue weighted by atomic mass is 16.5. The Morgan fingerprint density at radius 3 is 2.15 bits per heavy atom. The molecule has 0 unspecified atom stereocenters. The van der Waals surface area contributed by atoms with Crippen molar-refractivity contribution in [2.75, 3.05) is 13.2 Å². The summed E-state index contributed by atoms with van der Waals surface area (Å²) in [6.07, 6.45) is 6.43. The minimum atomic E-state index is 0.00237. The predicted molar refractivity (Wildman–Crippen MR) is 103 cm³/mol. The lowest BCUT2D eigenvalue weighted by atomic mass is 9.87. The fraction of sp³-hybridized carbons (Fsp3) is 0.571. The lowest BCUT2D eigenvalue weighted by Crippen LogP contribution is -2.22. The second kappa shape index (κ2) is 9.19. The first-order valence-corrected chi connectivity index (χ1v) is 9.09. The second-order valence-corrected chi connectivity index (χ2v) is 8.72. The monoisotopic (exact) mass is 357 g/mol. The Morgan fingerprint density at radius 2 is 1.54 bits per heavy atom. The molecule has 2 aromatic rings. The molecule has 2 heterocycles. The Labute approximate surface area is 157 Å². The van der Waals surface area contributed by atoms with Gasteiger partial charge >= 0.3 is 0 Å². The maximum atomic E-state index is 5.84. The van der Waals surface area contributed by atoms with Gasteiger partial charge in [0, 0.05) is 18.6 Å². The van der Waals surface area contributed by atoms with E-state index in [0.29, 0.717) is 26.4 Å². The quantitative estimate of drug-likeness (QED) is 0.672. The van der Waals surface area contributed by atoms with Crippen LogP contribution in [0, 0.1) is 10.8 Å². The largest absolute Gasteiger partial charge is 0.375 e. The number of nitrogens with zero attached hydrogens (tertiary/aromatic N) is 3. The van der Waals surface area contributed by atoms with Gasteiger partial charge in [0.1, 0.15) is 6.61 Å². The van der Waals surface area contributed by atoms with E-state index in [2.05, 4.69) is 49.6 Å². The maximum Gasteiger partial charge on any atom is 0.153 e. The molecule has 0 aliphatic carbocycles. The molecular formula is C21H31N3O2. The van der Waals surface area contributed by atoms with Crippen molar-refractivity contribution >= 4 is 0 Å². The fourth-order valence-electron chi connectivity index (χ4n) is 2.51. The zero-order valence-electron chi connectivity index (χ0n) is 16.7. The average molecular weight is 357 g/mol. The lowest BCUT2D eigenvalue weighted by Gasteiger charge is -2.24. The van der Waals surface area contributed by atoms with Gasteiger partial charge in [-0.3, -0.25) is 4.98 Å². The molecule has 0 aromatic carbocycles. The number of hydrogen-bond acceptors (Lipinski definition) is 5. The molecule has 0 fully saturated rings. The van der Waals surface area contributed by atoms with Crippen LogP contribution in [0.15, 0.2) is 36.8 Å². The van der Waals surface area contributed by atoms with Gasteiger partial charge in [-0.1, -0.05) is 40.7 Å². The molecule has 2 aromatic heterocycles. The number of aromatic nitrogens is 3. The Balaban J connectivity index is 1.77. The highest BCUT2D eigenvalue weighted by molar-refractivity contribution is 5.08. The van der Waals surface area contributed by atoms with Crippen LogP contribution in [0.1, 0.15) is 51.7 Å². The van der Waals surface area contributed by atoms with Crippen molar-refractivity contribution < 1.29 is 9.47 Å². The van der Waals surface area contributed by atoms with Crippen LogP contribution >= 0.6 is 0 Å². The van der Waals surface area contributed by atoms with Gasteiger partial charge in [0.05, 0.1) is 25.5 Å². The SMILES string of the molecule is CC(C)(C)COCc1ncc(CC(C)(C)COCc2ccccn2)cn1. The molecule has 0 aliphatic rings. The van der Waals surface area contributed by atoms with Crippen molar-refractivity contribution in [3.63, 3.8) is 0 Å². The van der Waals surface area contributed by atoms with Crippen LogP contribution in [0.25, 0.3) is 0 Å². The Morgan fingerprint density at radius 1 is 0.846 bits per heavy atom. The number of ether oxygens (including phenoxy) is 2. The van der Waals surface area contributed by atoms with E-state index in [1.165, 1.54) is 0 Å². The van der Waals surface area contributed by atoms with Crippen molar-refractivity contribution in [1.29, 1.82) is 0 Å². The molecule has 0 saturated carbocycles. The summed E-state index contributed by atoms with van der Waals surface area (Å²) in [6.45, 7) is 13.1. The molecule has 0 spiro atoms. The summed E-state index contributed by atoms with van der Waals surface area (Å²) in [7, 11) is 0. The van der Waals surface area contributed by atoms with Crippen LogP contribution in [0.4, 0.5) is 0 Å². The molecular weight excluding hydrogens is 326 g/mol. The van der Waals surface area contributed by atoms with Crippen molar-refractivity contribution in [3.8, 4) is 0 Å². The standard InChI is InChI=1S/C21H31N3O2/c1-20(2,3)15-26-14-19-23-11-17(12-24-19)10-21(4,5)16-25-13-18-8-6-7-9-22-18/h6-9,11-12H,10,13-16H2,1-5H3. The summed E-state index contributed by atoms with van der Waals surface area (Å²) in [5.74, 6) is 0.724. The molecule has 5 heteroatoms. The number of hydrogen-bond donors (Lipinski definition) is 0. The van der Waals surface area contributed by atoms with E-state index in [9.17, 15) is 0 Å². The topological polar surface area (TPSA) is 57.1 Å². The van der Waals surface area contributed by atoms with Gasteiger partial charge in [-0.05, 0) is 34.9 Å². The predicted octanol–water partition coefficient (Wildman–Crippen LogP) is 4.22. The van der Waals surface area contributed by atoms with Crippen LogP contribution in [0.2, 0.25) is 0 Å². The molecule has 5 nitrogen and oxygen atoms in total. The lowest BCUT2D eigenvalue weighted by molar-refractivity contribution is 0.0494. The van der Waals surface area contributed by atoms with E-state index in [1.54, 1.807) is 6.20 Å². The first-order chi connectivity index (χ1) is 12.2. The molecule has 0 bridgehead atoms. The van der Waals surface area contributed by atoms with E-state index in [1.807, 2.05) is 30.6 Å². The van der Waals surface area contributed by atoms with E-state index >= 15 is 0 Å². The van der Waals surface area contributed by atoms with Crippen LogP contribution in [-0.4, -0.2) is 28.2 Å². The Bertz CT molecular complexity index is 649. The number of rotatable bonds is 9. The third-order valence-corrected chi connectivity index (χ3v) is 3.68. The summed E-state index contributed by atoms with van der Waals surface area (Å²) >= 11 is 0. The summed E-state index contributed by atoms with van der Waals surface area (Å²) < 4.78 is 11.5. The fourth-order valence-corrected chi connectivity index (χ4v) is 2.51. The second-order valence-electron chi connectivity index (χ2n) is 8.72. The van der Waals surface area contributed by atoms with Crippen molar-refractivity contribution in [3.05, 3.63) is 53.9 Å². The van der Waals surface area contributed by atoms with E-state index in [4.69, 9.17) is 9.47 Å². The smallest absolute Gasteiger partial charge is 0.153 e. The van der Waals surface area contributed by atoms with Crippen molar-refractivity contribution in [1.82, 2.24) is 15.0 Å². The van der Waals surface area contributed by atoms with Gasteiger partial charge in [-0.25, -0.2) is 9.97 Å². The van der Waals surface area contributed by atoms with Gasteiger partial charge in [0.15, 0.2) is 5.82 Å². The number of pyridine rings is 1. The zero-order valence-corrected chi connectivity index (χ0v) is 16.7. The van der Waals surface area contributed by atoms with Crippen LogP contribution in [0.3, 0.4) is 0 Å². The zero-order chi connectivity index (χ0) is 19.0. The first kappa shape index (κ1) is 20.5. The summed E-state index contributed by atoms with van der Waals surface area (Å²) in [5.41, 5.74) is 2.21. The van der Waals surface area contributed by atoms with Gasteiger partial charge in [-0.2, -0.15) is 0 Å². The van der Waals surface area contributed by atoms with E-state index in [-0.39, 0.29) is 10.8 Å². The highest BCUT2D eigenvalue weighted by Gasteiger charge is 2.20. The van der Waals surface area contributed by atoms with Crippen LogP contribution in [0.5, 0.6) is 0 Å². The van der Waals surface area contributed by atoms with Gasteiger partial charge in [0.2, 0.25) is 0 Å². The summed E-state index contributed by atoms with van der Waals surface area (Å²) in [5, 5.41) is 0. The Kier molecular flexibility index (Phi) is 7.23. The Hall–Kier alpha value is -1.85. The molecule has 0 atom stereocenters. The third-order valence-electron chi connectivity index (χ3n) is 3.68. The normalized spacial score (nSPS) is 12.3. The molecule has 0 amide bonds. The molecule has 142 valence electrons. The average Bonchev–Trinajstić information content (AvgIpc) is 2.56. The molecule has 26 heavy (non-hydrogen) atoms. The van der Waals surface area contributed by atoms with Crippen molar-refractivity contribution in [2.24, 2.45) is 10.8 Å². The van der Waals surface area contributed by atoms with Gasteiger partial charge in [0.25, 0.3) is 0 Å². The van der Waals surface area contributed by atoms with Gasteiger partial charge in [-0.15, -0.1) is 0 Å². The van der Waals surface area contributed by atoms with Gasteiger partial charge < -0.3 is 9.47 Å². The van der Waals surface area contributed by atoms with Crippen LogP contribution in [-0.2, 0) is 29.1 Å². The molecule has 0 aliphatic heterocycles. The van der Waals surface area contributed by atoms with Crippen LogP contribution < -0.4 is 0 Å². The van der Waals surface area contributed by atoms with Crippen molar-refractivity contribution in [2.45, 2.75) is 54.3 Å². The summed E-state index contributed by atoms with van der Waals surface area (Å²) in [4.78, 5) is 13.1. The van der Waals surface area contributed by atoms with E-state index < -0.39 is 0 Å². The molecule has 2 rings (SSSR count). The molecule has 0 radical (unpaired) electrons. The highest BCUT2D eigenvalue weighted by Crippen LogP contribution is 2.22. The molecule has 0 saturated heterocycles. The van der Waals surface area contributed by atoms with E-state index in [0.717, 1.165) is 23.5 Å². The maximum absolute atomic E-state index is 5.84. The molecule has 0 N–H and O–H groups in total. The third kappa shape index (κ3) is 8.02.